The molecular formula is C42H54N10O10. The molecule has 2 aromatic carbocycles. The summed E-state index contributed by atoms with van der Waals surface area (Å²) in [5.74, 6) is -4.11. The van der Waals surface area contributed by atoms with E-state index in [0.717, 1.165) is 36.8 Å². The number of methoxy groups -OCH3 is 6. The summed E-state index contributed by atoms with van der Waals surface area (Å²) < 4.78 is 46.2. The molecule has 6 aromatic rings. The Morgan fingerprint density at radius 3 is 1.32 bits per heavy atom. The molecule has 0 radical (unpaired) electrons. The minimum absolute atomic E-state index is 0.220. The highest BCUT2D eigenvalue weighted by Gasteiger charge is 2.43. The topological polar surface area (TPSA) is 247 Å². The Labute approximate surface area is 358 Å². The molecular weight excluding hydrogens is 805 g/mol. The predicted molar refractivity (Wildman–Crippen MR) is 227 cm³/mol. The average Bonchev–Trinajstić information content (AvgIpc) is 3.89. The van der Waals surface area contributed by atoms with Gasteiger partial charge in [0.1, 0.15) is 0 Å². The van der Waals surface area contributed by atoms with E-state index in [1.54, 1.807) is 36.9 Å². The number of aromatic nitrogens is 8. The number of hydrogen-bond acceptors (Lipinski definition) is 18. The summed E-state index contributed by atoms with van der Waals surface area (Å²) in [6.07, 6.45) is 7.07. The van der Waals surface area contributed by atoms with E-state index >= 15 is 0 Å². The number of imidazole rings is 2. The zero-order valence-electron chi connectivity index (χ0n) is 36.2. The highest BCUT2D eigenvalue weighted by molar-refractivity contribution is 5.83. The van der Waals surface area contributed by atoms with Crippen molar-refractivity contribution in [2.45, 2.75) is 64.2 Å². The lowest BCUT2D eigenvalue weighted by molar-refractivity contribution is -0.233. The van der Waals surface area contributed by atoms with Gasteiger partial charge in [-0.25, -0.2) is 19.6 Å². The average molecular weight is 859 g/mol. The van der Waals surface area contributed by atoms with Gasteiger partial charge in [-0.05, 0) is 36.1 Å². The number of esters is 2. The first-order valence-corrected chi connectivity index (χ1v) is 19.8. The molecule has 4 aromatic heterocycles. The second kappa shape index (κ2) is 21.4. The van der Waals surface area contributed by atoms with Gasteiger partial charge in [-0.15, -0.1) is 0 Å². The molecule has 0 spiro atoms. The maximum Gasteiger partial charge on any atom is 0.371 e. The molecule has 0 aliphatic rings. The maximum atomic E-state index is 12.4. The second-order valence-corrected chi connectivity index (χ2v) is 13.7. The lowest BCUT2D eigenvalue weighted by atomic mass is 10.0. The number of benzene rings is 2. The van der Waals surface area contributed by atoms with Gasteiger partial charge in [-0.3, -0.25) is 0 Å². The van der Waals surface area contributed by atoms with Crippen LogP contribution < -0.4 is 20.9 Å². The molecule has 0 unspecified atom stereocenters. The summed E-state index contributed by atoms with van der Waals surface area (Å²) >= 11 is 0. The summed E-state index contributed by atoms with van der Waals surface area (Å²) in [5, 5.41) is 0. The molecule has 0 amide bonds. The number of carbonyl (C=O) groups excluding carboxylic acids is 2. The number of nitrogens with zero attached hydrogens (tertiary/aromatic N) is 8. The molecule has 20 nitrogen and oxygen atoms in total. The highest BCUT2D eigenvalue weighted by atomic mass is 16.7. The first kappa shape index (κ1) is 46.6. The van der Waals surface area contributed by atoms with E-state index in [1.807, 2.05) is 33.4 Å². The van der Waals surface area contributed by atoms with Crippen LogP contribution in [0.25, 0.3) is 22.3 Å². The molecule has 332 valence electrons. The van der Waals surface area contributed by atoms with Crippen LogP contribution in [0.4, 0.5) is 11.6 Å². The summed E-state index contributed by atoms with van der Waals surface area (Å²) in [7, 11) is 8.10. The SMILES string of the molecule is CCCCOc1nc(N)c2ncn(Cc3cccc(C(OC)(OC)C(=O)OC)c3)c2n1.CCCCOc1nc(N)c2ncn(Cc3cccc(C(OC)(OC)C(=O)OC)c3)c2n1. The van der Waals surface area contributed by atoms with E-state index in [4.69, 9.17) is 49.4 Å². The molecule has 4 N–H and O–H groups in total. The number of rotatable bonds is 20. The lowest BCUT2D eigenvalue weighted by Gasteiger charge is -2.28. The molecule has 20 heteroatoms. The number of anilines is 2. The third kappa shape index (κ3) is 10.00. The Morgan fingerprint density at radius 1 is 0.597 bits per heavy atom. The first-order valence-electron chi connectivity index (χ1n) is 19.8. The number of ether oxygens (including phenoxy) is 8. The van der Waals surface area contributed by atoms with E-state index in [9.17, 15) is 9.59 Å². The fourth-order valence-electron chi connectivity index (χ4n) is 6.48. The van der Waals surface area contributed by atoms with E-state index in [1.165, 1.54) is 42.7 Å². The fourth-order valence-corrected chi connectivity index (χ4v) is 6.48. The van der Waals surface area contributed by atoms with Crippen LogP contribution in [0.5, 0.6) is 12.0 Å². The van der Waals surface area contributed by atoms with Crippen LogP contribution in [0.2, 0.25) is 0 Å². The number of hydrogen-bond donors (Lipinski definition) is 2. The van der Waals surface area contributed by atoms with E-state index in [0.29, 0.717) is 59.8 Å². The third-order valence-electron chi connectivity index (χ3n) is 9.78. The Kier molecular flexibility index (Phi) is 16.0. The van der Waals surface area contributed by atoms with Gasteiger partial charge in [0.15, 0.2) is 34.0 Å². The summed E-state index contributed by atoms with van der Waals surface area (Å²) in [4.78, 5) is 50.7. The van der Waals surface area contributed by atoms with Crippen LogP contribution in [0.15, 0.2) is 61.2 Å². The van der Waals surface area contributed by atoms with Gasteiger partial charge in [0.2, 0.25) is 0 Å². The number of unbranched alkanes of at least 4 members (excludes halogenated alkanes) is 2. The number of carbonyl (C=O) groups is 2. The monoisotopic (exact) mass is 858 g/mol. The van der Waals surface area contributed by atoms with Gasteiger partial charge < -0.3 is 58.5 Å². The Bertz CT molecular complexity index is 2260. The second-order valence-electron chi connectivity index (χ2n) is 13.7. The normalized spacial score (nSPS) is 11.6. The fraction of sp³-hybridized carbons (Fsp3) is 0.429. The smallest absolute Gasteiger partial charge is 0.371 e. The van der Waals surface area contributed by atoms with Gasteiger partial charge in [-0.2, -0.15) is 19.9 Å². The van der Waals surface area contributed by atoms with Gasteiger partial charge in [0, 0.05) is 39.6 Å². The molecule has 0 atom stereocenters. The Balaban J connectivity index is 0.000000234. The van der Waals surface area contributed by atoms with Crippen molar-refractivity contribution in [3.8, 4) is 12.0 Å². The predicted octanol–water partition coefficient (Wildman–Crippen LogP) is 4.51. The van der Waals surface area contributed by atoms with Crippen LogP contribution in [-0.2, 0) is 62.7 Å². The van der Waals surface area contributed by atoms with Gasteiger partial charge in [0.05, 0.1) is 53.2 Å². The lowest BCUT2D eigenvalue weighted by Crippen LogP contribution is -2.40. The van der Waals surface area contributed by atoms with Gasteiger partial charge in [-0.1, -0.05) is 63.1 Å². The number of fused-ring (bicyclic) bond motifs is 2. The van der Waals surface area contributed by atoms with Crippen LogP contribution in [0, 0.1) is 0 Å². The molecule has 0 saturated heterocycles. The van der Waals surface area contributed by atoms with Gasteiger partial charge in [0.25, 0.3) is 11.6 Å². The minimum atomic E-state index is -1.66. The van der Waals surface area contributed by atoms with Crippen LogP contribution >= 0.6 is 0 Å². The number of nitrogen functional groups attached to an aromatic ring is 2. The molecule has 6 rings (SSSR count). The van der Waals surface area contributed by atoms with Crippen molar-refractivity contribution < 1.29 is 47.5 Å². The molecule has 0 aliphatic carbocycles. The zero-order chi connectivity index (χ0) is 44.9. The van der Waals surface area contributed by atoms with Crippen LogP contribution in [-0.4, -0.2) is 107 Å². The Morgan fingerprint density at radius 2 is 0.984 bits per heavy atom. The summed E-state index contributed by atoms with van der Waals surface area (Å²) in [6, 6.07) is 15.0. The van der Waals surface area contributed by atoms with Crippen molar-refractivity contribution in [2.24, 2.45) is 0 Å². The quantitative estimate of drug-likeness (QED) is 0.0609. The minimum Gasteiger partial charge on any atom is -0.465 e. The molecule has 0 bridgehead atoms. The largest absolute Gasteiger partial charge is 0.465 e. The molecule has 62 heavy (non-hydrogen) atoms. The van der Waals surface area contributed by atoms with Crippen molar-refractivity contribution in [3.63, 3.8) is 0 Å². The van der Waals surface area contributed by atoms with Crippen molar-refractivity contribution in [3.05, 3.63) is 83.4 Å². The standard InChI is InChI=1S/2C21H27N5O5/c2*1-5-6-10-31-20-24-17(22)16-18(25-20)26(13-23-16)12-14-8-7-9-15(11-14)21(29-3,30-4)19(27)28-2/h2*7-9,11,13H,5-6,10,12H2,1-4H3,(H2,22,24,25). The number of nitrogens with two attached hydrogens (primary N) is 2. The van der Waals surface area contributed by atoms with Crippen LogP contribution in [0.3, 0.4) is 0 Å². The molecule has 0 fully saturated rings. The Hall–Kier alpha value is -6.48. The van der Waals surface area contributed by atoms with Crippen molar-refractivity contribution >= 4 is 45.9 Å². The van der Waals surface area contributed by atoms with E-state index in [2.05, 4.69) is 43.8 Å². The first-order chi connectivity index (χ1) is 30.0. The van der Waals surface area contributed by atoms with Crippen LogP contribution in [0.1, 0.15) is 61.8 Å². The maximum absolute atomic E-state index is 12.4. The highest BCUT2D eigenvalue weighted by Crippen LogP contribution is 2.31. The van der Waals surface area contributed by atoms with E-state index < -0.39 is 23.5 Å². The molecule has 0 saturated carbocycles. The van der Waals surface area contributed by atoms with Gasteiger partial charge >= 0.3 is 24.0 Å². The van der Waals surface area contributed by atoms with Crippen molar-refractivity contribution in [2.75, 3.05) is 67.3 Å². The molecule has 0 aliphatic heterocycles. The molecule has 4 heterocycles. The van der Waals surface area contributed by atoms with E-state index in [-0.39, 0.29) is 23.7 Å². The summed E-state index contributed by atoms with van der Waals surface area (Å²) in [6.45, 7) is 6.02. The van der Waals surface area contributed by atoms with Crippen molar-refractivity contribution in [1.82, 2.24) is 39.0 Å². The summed E-state index contributed by atoms with van der Waals surface area (Å²) in [5.41, 5.74) is 16.9. The van der Waals surface area contributed by atoms with Crippen molar-refractivity contribution in [1.29, 1.82) is 0 Å². The third-order valence-corrected chi connectivity index (χ3v) is 9.78. The zero-order valence-corrected chi connectivity index (χ0v) is 36.2.